The van der Waals surface area contributed by atoms with Crippen LogP contribution in [0.3, 0.4) is 0 Å². The quantitative estimate of drug-likeness (QED) is 0.606. The Hall–Kier alpha value is -1.40. The minimum atomic E-state index is -0.593. The first-order valence-electron chi connectivity index (χ1n) is 8.34. The van der Waals surface area contributed by atoms with Gasteiger partial charge in [-0.3, -0.25) is 4.79 Å². The largest absolute Gasteiger partial charge is 0.466 e. The monoisotopic (exact) mass is 336 g/mol. The standard InChI is InChI=1S/C18H26BFO4/c1-7-22-16(21)11-14(13-8-9-15(20)12(2)10-13)19-23-17(3,4)18(5,6)24-19/h8-10,14H,7,11H2,1-6H3. The predicted molar refractivity (Wildman–Crippen MR) is 91.2 cm³/mol. The number of hydrogen-bond donors (Lipinski definition) is 0. The molecule has 1 unspecified atom stereocenters. The Labute approximate surface area is 143 Å². The van der Waals surface area contributed by atoms with Gasteiger partial charge in [-0.1, -0.05) is 12.1 Å². The Balaban J connectivity index is 2.33. The SMILES string of the molecule is CCOC(=O)CC(B1OC(C)(C)C(C)(C)O1)c1ccc(F)c(C)c1. The molecule has 1 saturated heterocycles. The Kier molecular flexibility index (Phi) is 5.40. The van der Waals surface area contributed by atoms with Gasteiger partial charge in [-0.25, -0.2) is 4.39 Å². The maximum Gasteiger partial charge on any atom is 0.466 e. The molecule has 1 fully saturated rings. The summed E-state index contributed by atoms with van der Waals surface area (Å²) in [5.41, 5.74) is 0.331. The molecule has 1 atom stereocenters. The van der Waals surface area contributed by atoms with E-state index < -0.39 is 18.3 Å². The number of aryl methyl sites for hydroxylation is 1. The van der Waals surface area contributed by atoms with Gasteiger partial charge >= 0.3 is 13.1 Å². The number of halogens is 1. The first-order valence-corrected chi connectivity index (χ1v) is 8.34. The van der Waals surface area contributed by atoms with Crippen molar-refractivity contribution in [2.75, 3.05) is 6.61 Å². The molecule has 0 spiro atoms. The molecule has 1 aliphatic heterocycles. The molecular formula is C18H26BFO4. The molecular weight excluding hydrogens is 310 g/mol. The molecule has 0 N–H and O–H groups in total. The number of carbonyl (C=O) groups excluding carboxylic acids is 1. The van der Waals surface area contributed by atoms with Crippen LogP contribution in [0.1, 0.15) is 58.0 Å². The lowest BCUT2D eigenvalue weighted by molar-refractivity contribution is -0.143. The molecule has 0 saturated carbocycles. The van der Waals surface area contributed by atoms with Crippen molar-refractivity contribution in [3.8, 4) is 0 Å². The van der Waals surface area contributed by atoms with E-state index in [0.29, 0.717) is 12.2 Å². The van der Waals surface area contributed by atoms with Crippen molar-refractivity contribution in [2.24, 2.45) is 0 Å². The molecule has 0 amide bonds. The van der Waals surface area contributed by atoms with Crippen LogP contribution >= 0.6 is 0 Å². The van der Waals surface area contributed by atoms with E-state index in [2.05, 4.69) is 0 Å². The van der Waals surface area contributed by atoms with Crippen LogP contribution in [-0.2, 0) is 18.8 Å². The van der Waals surface area contributed by atoms with E-state index in [1.807, 2.05) is 27.7 Å². The van der Waals surface area contributed by atoms with Crippen molar-refractivity contribution >= 4 is 13.1 Å². The summed E-state index contributed by atoms with van der Waals surface area (Å²) in [6.07, 6.45) is 0.121. The first-order chi connectivity index (χ1) is 11.1. The zero-order valence-electron chi connectivity index (χ0n) is 15.3. The van der Waals surface area contributed by atoms with Crippen LogP contribution in [0.4, 0.5) is 4.39 Å². The van der Waals surface area contributed by atoms with E-state index in [1.54, 1.807) is 26.0 Å². The van der Waals surface area contributed by atoms with Crippen molar-refractivity contribution in [1.82, 2.24) is 0 Å². The molecule has 24 heavy (non-hydrogen) atoms. The fourth-order valence-corrected chi connectivity index (χ4v) is 2.72. The summed E-state index contributed by atoms with van der Waals surface area (Å²) >= 11 is 0. The fourth-order valence-electron chi connectivity index (χ4n) is 2.72. The summed E-state index contributed by atoms with van der Waals surface area (Å²) in [6, 6.07) is 4.83. The molecule has 132 valence electrons. The number of esters is 1. The van der Waals surface area contributed by atoms with Crippen molar-refractivity contribution in [2.45, 2.75) is 65.0 Å². The molecule has 1 aromatic carbocycles. The number of ether oxygens (including phenoxy) is 1. The third-order valence-corrected chi connectivity index (χ3v) is 4.90. The van der Waals surface area contributed by atoms with Gasteiger partial charge in [-0.2, -0.15) is 0 Å². The molecule has 2 rings (SSSR count). The summed E-state index contributed by atoms with van der Waals surface area (Å²) in [7, 11) is -0.593. The lowest BCUT2D eigenvalue weighted by Crippen LogP contribution is -2.41. The number of hydrogen-bond acceptors (Lipinski definition) is 4. The van der Waals surface area contributed by atoms with E-state index >= 15 is 0 Å². The Morgan fingerprint density at radius 3 is 2.33 bits per heavy atom. The van der Waals surface area contributed by atoms with Gasteiger partial charge in [0, 0.05) is 5.82 Å². The van der Waals surface area contributed by atoms with Gasteiger partial charge in [0.2, 0.25) is 0 Å². The topological polar surface area (TPSA) is 44.8 Å². The van der Waals surface area contributed by atoms with Crippen LogP contribution in [0.15, 0.2) is 18.2 Å². The summed E-state index contributed by atoms with van der Waals surface area (Å²) in [5, 5.41) is 0. The highest BCUT2D eigenvalue weighted by molar-refractivity contribution is 6.48. The van der Waals surface area contributed by atoms with Gasteiger partial charge in [-0.05, 0) is 58.7 Å². The average Bonchev–Trinajstić information content (AvgIpc) is 2.68. The molecule has 1 aromatic rings. The van der Waals surface area contributed by atoms with Gasteiger partial charge in [0.15, 0.2) is 0 Å². The van der Waals surface area contributed by atoms with Crippen molar-refractivity contribution in [3.63, 3.8) is 0 Å². The molecule has 0 aromatic heterocycles. The summed E-state index contributed by atoms with van der Waals surface area (Å²) in [6.45, 7) is 11.6. The fraction of sp³-hybridized carbons (Fsp3) is 0.611. The molecule has 1 aliphatic rings. The first kappa shape index (κ1) is 18.9. The molecule has 4 nitrogen and oxygen atoms in total. The molecule has 6 heteroatoms. The van der Waals surface area contributed by atoms with E-state index in [4.69, 9.17) is 14.0 Å². The van der Waals surface area contributed by atoms with Crippen molar-refractivity contribution < 1.29 is 23.2 Å². The molecule has 0 radical (unpaired) electrons. The maximum atomic E-state index is 13.6. The summed E-state index contributed by atoms with van der Waals surface area (Å²) in [4.78, 5) is 12.1. The van der Waals surface area contributed by atoms with Gasteiger partial charge < -0.3 is 14.0 Å². The second-order valence-electron chi connectivity index (χ2n) is 7.25. The lowest BCUT2D eigenvalue weighted by Gasteiger charge is -2.32. The Morgan fingerprint density at radius 1 is 1.25 bits per heavy atom. The number of rotatable bonds is 5. The molecule has 1 heterocycles. The normalized spacial score (nSPS) is 20.0. The summed E-state index contributed by atoms with van der Waals surface area (Å²) < 4.78 is 30.9. The van der Waals surface area contributed by atoms with Crippen LogP contribution in [0.2, 0.25) is 0 Å². The molecule has 0 bridgehead atoms. The smallest absolute Gasteiger partial charge is 0.466 e. The van der Waals surface area contributed by atoms with Crippen LogP contribution < -0.4 is 0 Å². The van der Waals surface area contributed by atoms with Crippen LogP contribution in [0.25, 0.3) is 0 Å². The van der Waals surface area contributed by atoms with E-state index in [-0.39, 0.29) is 24.0 Å². The highest BCUT2D eigenvalue weighted by Gasteiger charge is 2.54. The van der Waals surface area contributed by atoms with Gasteiger partial charge in [0.25, 0.3) is 0 Å². The minimum Gasteiger partial charge on any atom is -0.466 e. The lowest BCUT2D eigenvalue weighted by atomic mass is 9.66. The van der Waals surface area contributed by atoms with Gasteiger partial charge in [0.1, 0.15) is 5.82 Å². The van der Waals surface area contributed by atoms with Crippen LogP contribution in [-0.4, -0.2) is 30.9 Å². The van der Waals surface area contributed by atoms with Crippen LogP contribution in [0.5, 0.6) is 0 Å². The highest BCUT2D eigenvalue weighted by Crippen LogP contribution is 2.42. The predicted octanol–water partition coefficient (Wildman–Crippen LogP) is 3.80. The second kappa shape index (κ2) is 6.85. The van der Waals surface area contributed by atoms with E-state index in [9.17, 15) is 9.18 Å². The van der Waals surface area contributed by atoms with Gasteiger partial charge in [0.05, 0.1) is 24.2 Å². The zero-order valence-corrected chi connectivity index (χ0v) is 15.3. The Bertz CT molecular complexity index is 599. The van der Waals surface area contributed by atoms with E-state index in [1.165, 1.54) is 6.07 Å². The second-order valence-corrected chi connectivity index (χ2v) is 7.25. The van der Waals surface area contributed by atoms with Crippen molar-refractivity contribution in [1.29, 1.82) is 0 Å². The number of benzene rings is 1. The number of carbonyl (C=O) groups is 1. The third-order valence-electron chi connectivity index (χ3n) is 4.90. The third kappa shape index (κ3) is 3.81. The zero-order chi connectivity index (χ0) is 18.1. The van der Waals surface area contributed by atoms with Gasteiger partial charge in [-0.15, -0.1) is 0 Å². The van der Waals surface area contributed by atoms with Crippen molar-refractivity contribution in [3.05, 3.63) is 35.1 Å². The van der Waals surface area contributed by atoms with E-state index in [0.717, 1.165) is 5.56 Å². The summed E-state index contributed by atoms with van der Waals surface area (Å²) in [5.74, 6) is -0.953. The maximum absolute atomic E-state index is 13.6. The Morgan fingerprint density at radius 2 is 1.83 bits per heavy atom. The van der Waals surface area contributed by atoms with Crippen LogP contribution in [0, 0.1) is 12.7 Å². The molecule has 0 aliphatic carbocycles. The average molecular weight is 336 g/mol. The highest BCUT2D eigenvalue weighted by atomic mass is 19.1. The minimum absolute atomic E-state index is 0.121.